The monoisotopic (exact) mass is 348 g/mol. The second-order valence-corrected chi connectivity index (χ2v) is 5.51. The summed E-state index contributed by atoms with van der Waals surface area (Å²) in [6, 6.07) is 3.21. The lowest BCUT2D eigenvalue weighted by Gasteiger charge is -2.17. The largest absolute Gasteiger partial charge is 0.389 e. The van der Waals surface area contributed by atoms with Gasteiger partial charge in [-0.25, -0.2) is 4.98 Å². The van der Waals surface area contributed by atoms with Crippen LogP contribution in [0.2, 0.25) is 5.15 Å². The minimum atomic E-state index is -0.697. The fraction of sp³-hybridized carbons (Fsp3) is 0.500. The first-order valence-corrected chi connectivity index (χ1v) is 7.15. The van der Waals surface area contributed by atoms with E-state index in [1.165, 1.54) is 0 Å². The van der Waals surface area contributed by atoms with Gasteiger partial charge in [0.25, 0.3) is 5.91 Å². The van der Waals surface area contributed by atoms with Crippen LogP contribution in [0.1, 0.15) is 23.3 Å². The van der Waals surface area contributed by atoms with Gasteiger partial charge >= 0.3 is 0 Å². The number of aliphatic hydroxyl groups excluding tert-OH is 1. The van der Waals surface area contributed by atoms with E-state index in [0.717, 1.165) is 12.8 Å². The van der Waals surface area contributed by atoms with Crippen LogP contribution in [0, 0.1) is 0 Å². The Morgan fingerprint density at radius 1 is 1.68 bits per heavy atom. The van der Waals surface area contributed by atoms with Crippen LogP contribution in [0.15, 0.2) is 16.6 Å². The van der Waals surface area contributed by atoms with Crippen LogP contribution in [-0.4, -0.2) is 41.4 Å². The van der Waals surface area contributed by atoms with E-state index in [1.807, 2.05) is 0 Å². The molecular weight excluding hydrogens is 335 g/mol. The van der Waals surface area contributed by atoms with Gasteiger partial charge in [-0.2, -0.15) is 0 Å². The summed E-state index contributed by atoms with van der Waals surface area (Å²) >= 11 is 9.02. The molecule has 0 spiro atoms. The van der Waals surface area contributed by atoms with Crippen molar-refractivity contribution in [2.75, 3.05) is 13.2 Å². The second kappa shape index (κ2) is 6.65. The third-order valence-corrected chi connectivity index (χ3v) is 4.06. The van der Waals surface area contributed by atoms with Gasteiger partial charge in [0.15, 0.2) is 0 Å². The smallest absolute Gasteiger partial charge is 0.270 e. The van der Waals surface area contributed by atoms with Crippen LogP contribution in [0.25, 0.3) is 0 Å². The van der Waals surface area contributed by atoms with E-state index in [9.17, 15) is 9.90 Å². The molecule has 1 aromatic heterocycles. The standard InChI is InChI=1S/C12H14BrClN2O3/c13-7-3-4-8(16-11(7)14)12(18)15-6-9(17)10-2-1-5-19-10/h3-4,9-10,17H,1-2,5-6H2,(H,15,18). The fourth-order valence-electron chi connectivity index (χ4n) is 1.87. The molecule has 2 N–H and O–H groups in total. The average molecular weight is 350 g/mol. The van der Waals surface area contributed by atoms with Crippen molar-refractivity contribution in [1.29, 1.82) is 0 Å². The van der Waals surface area contributed by atoms with E-state index >= 15 is 0 Å². The van der Waals surface area contributed by atoms with Gasteiger partial charge in [0.05, 0.1) is 16.7 Å². The molecule has 0 saturated carbocycles. The molecule has 0 bridgehead atoms. The van der Waals surface area contributed by atoms with Gasteiger partial charge in [-0.3, -0.25) is 4.79 Å². The third kappa shape index (κ3) is 3.89. The van der Waals surface area contributed by atoms with Gasteiger partial charge in [-0.1, -0.05) is 11.6 Å². The lowest BCUT2D eigenvalue weighted by molar-refractivity contribution is -0.000101. The molecule has 1 aliphatic heterocycles. The Morgan fingerprint density at radius 3 is 3.11 bits per heavy atom. The van der Waals surface area contributed by atoms with E-state index in [0.29, 0.717) is 11.1 Å². The molecule has 2 heterocycles. The second-order valence-electron chi connectivity index (χ2n) is 4.30. The maximum absolute atomic E-state index is 11.8. The highest BCUT2D eigenvalue weighted by molar-refractivity contribution is 9.10. The number of aliphatic hydroxyl groups is 1. The van der Waals surface area contributed by atoms with Gasteiger partial charge in [0, 0.05) is 13.2 Å². The van der Waals surface area contributed by atoms with Crippen LogP contribution >= 0.6 is 27.5 Å². The minimum absolute atomic E-state index is 0.138. The zero-order valence-electron chi connectivity index (χ0n) is 10.1. The summed E-state index contributed by atoms with van der Waals surface area (Å²) in [7, 11) is 0. The summed E-state index contributed by atoms with van der Waals surface area (Å²) in [5.74, 6) is -0.369. The first kappa shape index (κ1) is 14.7. The highest BCUT2D eigenvalue weighted by Gasteiger charge is 2.24. The minimum Gasteiger partial charge on any atom is -0.389 e. The Morgan fingerprint density at radius 2 is 2.47 bits per heavy atom. The molecule has 1 fully saturated rings. The third-order valence-electron chi connectivity index (χ3n) is 2.90. The van der Waals surface area contributed by atoms with E-state index in [2.05, 4.69) is 26.2 Å². The Bertz CT molecular complexity index is 466. The fourth-order valence-corrected chi connectivity index (χ4v) is 2.24. The molecular formula is C12H14BrClN2O3. The van der Waals surface area contributed by atoms with Crippen LogP contribution < -0.4 is 5.32 Å². The molecule has 1 saturated heterocycles. The van der Waals surface area contributed by atoms with Crippen molar-refractivity contribution in [3.05, 3.63) is 27.5 Å². The normalized spacial score (nSPS) is 20.3. The summed E-state index contributed by atoms with van der Waals surface area (Å²) in [6.07, 6.45) is 0.873. The van der Waals surface area contributed by atoms with Crippen molar-refractivity contribution >= 4 is 33.4 Å². The number of pyridine rings is 1. The number of nitrogens with zero attached hydrogens (tertiary/aromatic N) is 1. The molecule has 2 atom stereocenters. The Balaban J connectivity index is 1.88. The number of nitrogens with one attached hydrogen (secondary N) is 1. The highest BCUT2D eigenvalue weighted by atomic mass is 79.9. The van der Waals surface area contributed by atoms with Crippen molar-refractivity contribution in [2.24, 2.45) is 0 Å². The Hall–Kier alpha value is -0.690. The van der Waals surface area contributed by atoms with Gasteiger partial charge in [0.1, 0.15) is 10.8 Å². The summed E-state index contributed by atoms with van der Waals surface area (Å²) < 4.78 is 5.97. The van der Waals surface area contributed by atoms with Crippen LogP contribution in [0.4, 0.5) is 0 Å². The molecule has 0 aromatic carbocycles. The molecule has 104 valence electrons. The highest BCUT2D eigenvalue weighted by Crippen LogP contribution is 2.20. The molecule has 2 unspecified atom stereocenters. The molecule has 1 amide bonds. The van der Waals surface area contributed by atoms with Crippen molar-refractivity contribution in [1.82, 2.24) is 10.3 Å². The molecule has 0 radical (unpaired) electrons. The molecule has 19 heavy (non-hydrogen) atoms. The van der Waals surface area contributed by atoms with Crippen LogP contribution in [0.3, 0.4) is 0 Å². The van der Waals surface area contributed by atoms with Gasteiger partial charge < -0.3 is 15.2 Å². The van der Waals surface area contributed by atoms with Gasteiger partial charge in [0.2, 0.25) is 0 Å². The zero-order valence-corrected chi connectivity index (χ0v) is 12.4. The van der Waals surface area contributed by atoms with Crippen molar-refractivity contribution in [3.8, 4) is 0 Å². The topological polar surface area (TPSA) is 71.5 Å². The lowest BCUT2D eigenvalue weighted by Crippen LogP contribution is -2.38. The molecule has 1 aliphatic rings. The van der Waals surface area contributed by atoms with Crippen LogP contribution in [0.5, 0.6) is 0 Å². The average Bonchev–Trinajstić information content (AvgIpc) is 2.92. The number of carbonyl (C=O) groups is 1. The summed E-state index contributed by atoms with van der Waals surface area (Å²) in [5.41, 5.74) is 0.216. The first-order valence-electron chi connectivity index (χ1n) is 5.98. The first-order chi connectivity index (χ1) is 9.08. The van der Waals surface area contributed by atoms with E-state index in [-0.39, 0.29) is 29.4 Å². The lowest BCUT2D eigenvalue weighted by atomic mass is 10.1. The van der Waals surface area contributed by atoms with Crippen molar-refractivity contribution < 1.29 is 14.6 Å². The van der Waals surface area contributed by atoms with E-state index in [4.69, 9.17) is 16.3 Å². The predicted molar refractivity (Wildman–Crippen MR) is 74.3 cm³/mol. The van der Waals surface area contributed by atoms with E-state index < -0.39 is 6.10 Å². The number of aromatic nitrogens is 1. The molecule has 0 aliphatic carbocycles. The Kier molecular flexibility index (Phi) is 5.15. The number of halogens is 2. The molecule has 5 nitrogen and oxygen atoms in total. The number of amides is 1. The maximum Gasteiger partial charge on any atom is 0.270 e. The van der Waals surface area contributed by atoms with Crippen molar-refractivity contribution in [3.63, 3.8) is 0 Å². The number of rotatable bonds is 4. The summed E-state index contributed by atoms with van der Waals surface area (Å²) in [6.45, 7) is 0.804. The SMILES string of the molecule is O=C(NCC(O)C1CCCO1)c1ccc(Br)c(Cl)n1. The maximum atomic E-state index is 11.8. The number of hydrogen-bond acceptors (Lipinski definition) is 4. The van der Waals surface area contributed by atoms with Crippen molar-refractivity contribution in [2.45, 2.75) is 25.0 Å². The summed E-state index contributed by atoms with van der Waals surface area (Å²) in [5, 5.41) is 12.7. The molecule has 1 aromatic rings. The zero-order chi connectivity index (χ0) is 13.8. The Labute approximate surface area is 124 Å². The molecule has 2 rings (SSSR count). The summed E-state index contributed by atoms with van der Waals surface area (Å²) in [4.78, 5) is 15.8. The predicted octanol–water partition coefficient (Wildman–Crippen LogP) is 1.77. The van der Waals surface area contributed by atoms with E-state index in [1.54, 1.807) is 12.1 Å². The van der Waals surface area contributed by atoms with Gasteiger partial charge in [-0.05, 0) is 40.9 Å². The number of ether oxygens (including phenoxy) is 1. The molecule has 7 heteroatoms. The van der Waals surface area contributed by atoms with Crippen LogP contribution in [-0.2, 0) is 4.74 Å². The number of carbonyl (C=O) groups excluding carboxylic acids is 1. The quantitative estimate of drug-likeness (QED) is 0.813. The van der Waals surface area contributed by atoms with Gasteiger partial charge in [-0.15, -0.1) is 0 Å². The number of hydrogen-bond donors (Lipinski definition) is 2.